The molecule has 0 saturated carbocycles. The Kier molecular flexibility index (Phi) is 4.69. The number of aryl methyl sites for hydroxylation is 1. The van der Waals surface area contributed by atoms with Crippen LogP contribution in [0.25, 0.3) is 0 Å². The molecule has 0 fully saturated rings. The zero-order chi connectivity index (χ0) is 13.8. The van der Waals surface area contributed by atoms with Crippen LogP contribution in [0.5, 0.6) is 0 Å². The fourth-order valence-electron chi connectivity index (χ4n) is 1.40. The smallest absolute Gasteiger partial charge is 0.387 e. The van der Waals surface area contributed by atoms with Gasteiger partial charge in [-0.2, -0.15) is 13.2 Å². The summed E-state index contributed by atoms with van der Waals surface area (Å²) >= 11 is 0. The van der Waals surface area contributed by atoms with Crippen molar-refractivity contribution in [2.75, 3.05) is 0 Å². The Balaban J connectivity index is 2.93. The Hall–Kier alpha value is -1.59. The van der Waals surface area contributed by atoms with Gasteiger partial charge in [-0.15, -0.1) is 0 Å². The number of alkyl halides is 3. The van der Waals surface area contributed by atoms with Crippen molar-refractivity contribution in [2.24, 2.45) is 10.7 Å². The van der Waals surface area contributed by atoms with E-state index >= 15 is 0 Å². The summed E-state index contributed by atoms with van der Waals surface area (Å²) in [5.41, 5.74) is 5.39. The number of aliphatic imine (C=N–C) groups is 1. The van der Waals surface area contributed by atoms with Crippen LogP contribution in [0, 0.1) is 6.92 Å². The number of amidine groups is 1. The molecule has 0 aromatic carbocycles. The van der Waals surface area contributed by atoms with Crippen LogP contribution in [0.4, 0.5) is 18.9 Å². The minimum absolute atomic E-state index is 0.226. The molecule has 0 atom stereocenters. The summed E-state index contributed by atoms with van der Waals surface area (Å²) in [5, 5.41) is 0. The predicted molar refractivity (Wildman–Crippen MR) is 64.8 cm³/mol. The summed E-state index contributed by atoms with van der Waals surface area (Å²) < 4.78 is 37.2. The molecule has 0 aliphatic rings. The number of hydrogen-bond donors (Lipinski definition) is 1. The van der Waals surface area contributed by atoms with Gasteiger partial charge in [0, 0.05) is 6.42 Å². The normalized spacial score (nSPS) is 12.8. The minimum Gasteiger partial charge on any atom is -0.387 e. The molecule has 0 aliphatic carbocycles. The van der Waals surface area contributed by atoms with Crippen molar-refractivity contribution in [3.05, 3.63) is 23.5 Å². The van der Waals surface area contributed by atoms with Crippen LogP contribution in [0.1, 0.15) is 37.6 Å². The maximum absolute atomic E-state index is 12.4. The maximum Gasteiger partial charge on any atom is 0.433 e. The lowest BCUT2D eigenvalue weighted by Crippen LogP contribution is -2.11. The first-order valence-corrected chi connectivity index (χ1v) is 5.72. The molecule has 100 valence electrons. The molecule has 0 amide bonds. The fraction of sp³-hybridized carbons (Fsp3) is 0.500. The van der Waals surface area contributed by atoms with Gasteiger partial charge in [-0.25, -0.2) is 9.98 Å². The molecular formula is C12H16F3N3. The Morgan fingerprint density at radius 3 is 2.56 bits per heavy atom. The second-order valence-corrected chi connectivity index (χ2v) is 4.01. The summed E-state index contributed by atoms with van der Waals surface area (Å²) in [6.45, 7) is 3.51. The number of pyridine rings is 1. The molecule has 1 aromatic rings. The van der Waals surface area contributed by atoms with Crippen LogP contribution in [0.2, 0.25) is 0 Å². The van der Waals surface area contributed by atoms with E-state index in [0.29, 0.717) is 17.9 Å². The lowest BCUT2D eigenvalue weighted by Gasteiger charge is -2.08. The molecule has 0 radical (unpaired) electrons. The first kappa shape index (κ1) is 14.5. The first-order chi connectivity index (χ1) is 8.34. The second-order valence-electron chi connectivity index (χ2n) is 4.01. The van der Waals surface area contributed by atoms with Crippen molar-refractivity contribution in [3.8, 4) is 0 Å². The standard InChI is InChI=1S/C12H16F3N3/c1-3-4-5-11(16)18-9-6-7-10(12(13,14)15)17-8(9)2/h6-7H,3-5H2,1-2H3,(H2,16,18). The Morgan fingerprint density at radius 2 is 2.06 bits per heavy atom. The van der Waals surface area contributed by atoms with Crippen molar-refractivity contribution < 1.29 is 13.2 Å². The highest BCUT2D eigenvalue weighted by molar-refractivity contribution is 5.83. The highest BCUT2D eigenvalue weighted by atomic mass is 19.4. The van der Waals surface area contributed by atoms with Crippen molar-refractivity contribution in [2.45, 2.75) is 39.3 Å². The molecule has 1 aromatic heterocycles. The Bertz CT molecular complexity index is 439. The first-order valence-electron chi connectivity index (χ1n) is 5.72. The highest BCUT2D eigenvalue weighted by Gasteiger charge is 2.32. The zero-order valence-electron chi connectivity index (χ0n) is 10.4. The molecule has 18 heavy (non-hydrogen) atoms. The van der Waals surface area contributed by atoms with E-state index in [-0.39, 0.29) is 5.69 Å². The number of hydrogen-bond acceptors (Lipinski definition) is 2. The van der Waals surface area contributed by atoms with Crippen molar-refractivity contribution in [1.82, 2.24) is 4.98 Å². The van der Waals surface area contributed by atoms with Crippen LogP contribution in [0.3, 0.4) is 0 Å². The van der Waals surface area contributed by atoms with E-state index in [2.05, 4.69) is 9.98 Å². The third-order valence-corrected chi connectivity index (χ3v) is 2.40. The third-order valence-electron chi connectivity index (χ3n) is 2.40. The molecular weight excluding hydrogens is 243 g/mol. The van der Waals surface area contributed by atoms with Gasteiger partial charge < -0.3 is 5.73 Å². The van der Waals surface area contributed by atoms with Gasteiger partial charge >= 0.3 is 6.18 Å². The summed E-state index contributed by atoms with van der Waals surface area (Å²) in [6, 6.07) is 2.21. The lowest BCUT2D eigenvalue weighted by atomic mass is 10.2. The van der Waals surface area contributed by atoms with E-state index in [4.69, 9.17) is 5.73 Å². The van der Waals surface area contributed by atoms with E-state index < -0.39 is 11.9 Å². The molecule has 0 saturated heterocycles. The monoisotopic (exact) mass is 259 g/mol. The van der Waals surface area contributed by atoms with Crippen LogP contribution >= 0.6 is 0 Å². The van der Waals surface area contributed by atoms with Gasteiger partial charge in [0.25, 0.3) is 0 Å². The van der Waals surface area contributed by atoms with Gasteiger partial charge in [-0.1, -0.05) is 13.3 Å². The molecule has 1 rings (SSSR count). The quantitative estimate of drug-likeness (QED) is 0.663. The Labute approximate surface area is 104 Å². The topological polar surface area (TPSA) is 51.3 Å². The van der Waals surface area contributed by atoms with Crippen molar-refractivity contribution in [1.29, 1.82) is 0 Å². The van der Waals surface area contributed by atoms with Gasteiger partial charge in [-0.05, 0) is 25.5 Å². The predicted octanol–water partition coefficient (Wildman–Crippen LogP) is 3.59. The second kappa shape index (κ2) is 5.84. The number of halogens is 3. The molecule has 1 heterocycles. The van der Waals surface area contributed by atoms with Crippen LogP contribution in [-0.4, -0.2) is 10.8 Å². The average molecular weight is 259 g/mol. The van der Waals surface area contributed by atoms with E-state index in [0.717, 1.165) is 18.9 Å². The van der Waals surface area contributed by atoms with Crippen LogP contribution < -0.4 is 5.73 Å². The number of nitrogens with zero attached hydrogens (tertiary/aromatic N) is 2. The van der Waals surface area contributed by atoms with Gasteiger partial charge in [0.15, 0.2) is 0 Å². The van der Waals surface area contributed by atoms with Gasteiger partial charge in [0.05, 0.1) is 17.2 Å². The largest absolute Gasteiger partial charge is 0.433 e. The maximum atomic E-state index is 12.4. The summed E-state index contributed by atoms with van der Waals surface area (Å²) in [5.74, 6) is 0.418. The van der Waals surface area contributed by atoms with Crippen LogP contribution in [0.15, 0.2) is 17.1 Å². The van der Waals surface area contributed by atoms with Crippen molar-refractivity contribution in [3.63, 3.8) is 0 Å². The van der Waals surface area contributed by atoms with Crippen LogP contribution in [-0.2, 0) is 6.18 Å². The number of aromatic nitrogens is 1. The molecule has 3 nitrogen and oxygen atoms in total. The Morgan fingerprint density at radius 1 is 1.39 bits per heavy atom. The fourth-order valence-corrected chi connectivity index (χ4v) is 1.40. The molecule has 0 aliphatic heterocycles. The molecule has 0 spiro atoms. The SMILES string of the molecule is CCCCC(N)=Nc1ccc(C(F)(F)F)nc1C. The number of rotatable bonds is 4. The summed E-state index contributed by atoms with van der Waals surface area (Å²) in [6.07, 6.45) is -1.90. The number of unbranched alkanes of at least 4 members (excludes halogenated alkanes) is 1. The average Bonchev–Trinajstić information content (AvgIpc) is 2.27. The van der Waals surface area contributed by atoms with Gasteiger partial charge in [0.2, 0.25) is 0 Å². The molecule has 6 heteroatoms. The molecule has 0 bridgehead atoms. The molecule has 0 unspecified atom stereocenters. The van der Waals surface area contributed by atoms with E-state index in [9.17, 15) is 13.2 Å². The van der Waals surface area contributed by atoms with Gasteiger partial charge in [0.1, 0.15) is 5.69 Å². The molecule has 2 N–H and O–H groups in total. The van der Waals surface area contributed by atoms with E-state index in [1.807, 2.05) is 6.92 Å². The van der Waals surface area contributed by atoms with E-state index in [1.54, 1.807) is 0 Å². The zero-order valence-corrected chi connectivity index (χ0v) is 10.4. The van der Waals surface area contributed by atoms with Crippen molar-refractivity contribution >= 4 is 11.5 Å². The van der Waals surface area contributed by atoms with Gasteiger partial charge in [-0.3, -0.25) is 0 Å². The lowest BCUT2D eigenvalue weighted by molar-refractivity contribution is -0.141. The highest BCUT2D eigenvalue weighted by Crippen LogP contribution is 2.29. The third kappa shape index (κ3) is 4.01. The van der Waals surface area contributed by atoms with E-state index in [1.165, 1.54) is 13.0 Å². The summed E-state index contributed by atoms with van der Waals surface area (Å²) in [4.78, 5) is 7.57. The number of nitrogens with two attached hydrogens (primary N) is 1. The minimum atomic E-state index is -4.43. The summed E-state index contributed by atoms with van der Waals surface area (Å²) in [7, 11) is 0.